The summed E-state index contributed by atoms with van der Waals surface area (Å²) in [5.74, 6) is 2.76. The van der Waals surface area contributed by atoms with Gasteiger partial charge in [-0.3, -0.25) is 4.99 Å². The van der Waals surface area contributed by atoms with E-state index >= 15 is 0 Å². The van der Waals surface area contributed by atoms with Gasteiger partial charge in [0.25, 0.3) is 0 Å². The topological polar surface area (TPSA) is 66.0 Å². The van der Waals surface area contributed by atoms with Gasteiger partial charge in [0.1, 0.15) is 5.60 Å². The molecule has 2 N–H and O–H groups in total. The number of alkyl carbamates (subject to hydrolysis) is 1. The van der Waals surface area contributed by atoms with Crippen molar-refractivity contribution in [2.24, 2.45) is 10.9 Å². The maximum atomic E-state index is 11.6. The lowest BCUT2D eigenvalue weighted by Gasteiger charge is -2.22. The first kappa shape index (κ1) is 22.4. The van der Waals surface area contributed by atoms with Crippen molar-refractivity contribution >= 4 is 23.8 Å². The Morgan fingerprint density at radius 1 is 1.25 bits per heavy atom. The van der Waals surface area contributed by atoms with Crippen molar-refractivity contribution in [2.45, 2.75) is 44.1 Å². The van der Waals surface area contributed by atoms with E-state index in [1.807, 2.05) is 39.6 Å². The average Bonchev–Trinajstić information content (AvgIpc) is 3.11. The van der Waals surface area contributed by atoms with Crippen LogP contribution in [0.3, 0.4) is 0 Å². The summed E-state index contributed by atoms with van der Waals surface area (Å²) in [7, 11) is 1.83. The zero-order chi connectivity index (χ0) is 20.4. The molecule has 0 bridgehead atoms. The molecule has 1 aliphatic rings. The maximum absolute atomic E-state index is 11.6. The number of carbonyl (C=O) groups excluding carboxylic acids is 1. The fraction of sp³-hybridized carbons (Fsp3) is 0.619. The Morgan fingerprint density at radius 3 is 2.64 bits per heavy atom. The Morgan fingerprint density at radius 2 is 1.96 bits per heavy atom. The van der Waals surface area contributed by atoms with Crippen LogP contribution in [0.4, 0.5) is 4.79 Å². The predicted molar refractivity (Wildman–Crippen MR) is 117 cm³/mol. The molecule has 1 atom stereocenters. The van der Waals surface area contributed by atoms with E-state index in [1.54, 1.807) is 0 Å². The van der Waals surface area contributed by atoms with Gasteiger partial charge >= 0.3 is 6.09 Å². The van der Waals surface area contributed by atoms with E-state index in [0.717, 1.165) is 37.8 Å². The van der Waals surface area contributed by atoms with Crippen molar-refractivity contribution in [1.82, 2.24) is 15.5 Å². The first-order chi connectivity index (χ1) is 13.4. The van der Waals surface area contributed by atoms with Gasteiger partial charge in [-0.15, -0.1) is 11.8 Å². The molecule has 1 fully saturated rings. The molecule has 0 saturated carbocycles. The molecule has 0 spiro atoms. The Hall–Kier alpha value is -1.89. The van der Waals surface area contributed by atoms with Crippen molar-refractivity contribution in [2.75, 3.05) is 39.0 Å². The SMILES string of the molecule is CN=C(NCCCNC(=O)OC(C)(C)C)N1CCC(CSc2ccccc2)C1. The van der Waals surface area contributed by atoms with Crippen LogP contribution in [0.25, 0.3) is 0 Å². The second-order valence-corrected chi connectivity index (χ2v) is 9.07. The van der Waals surface area contributed by atoms with Gasteiger partial charge < -0.3 is 20.3 Å². The van der Waals surface area contributed by atoms with Gasteiger partial charge in [0.15, 0.2) is 5.96 Å². The summed E-state index contributed by atoms with van der Waals surface area (Å²) in [5, 5.41) is 6.19. The van der Waals surface area contributed by atoms with Crippen molar-refractivity contribution in [1.29, 1.82) is 0 Å². The van der Waals surface area contributed by atoms with Gasteiger partial charge in [-0.2, -0.15) is 0 Å². The second-order valence-electron chi connectivity index (χ2n) is 7.98. The third-order valence-corrected chi connectivity index (χ3v) is 5.57. The summed E-state index contributed by atoms with van der Waals surface area (Å²) in [6.07, 6.45) is 1.65. The summed E-state index contributed by atoms with van der Waals surface area (Å²) < 4.78 is 5.23. The van der Waals surface area contributed by atoms with Crippen molar-refractivity contribution in [3.8, 4) is 0 Å². The van der Waals surface area contributed by atoms with Crippen LogP contribution in [-0.2, 0) is 4.74 Å². The fourth-order valence-corrected chi connectivity index (χ4v) is 4.07. The van der Waals surface area contributed by atoms with E-state index in [2.05, 4.69) is 50.9 Å². The van der Waals surface area contributed by atoms with E-state index in [4.69, 9.17) is 4.74 Å². The number of likely N-dealkylation sites (tertiary alicyclic amines) is 1. The number of hydrogen-bond acceptors (Lipinski definition) is 4. The average molecular weight is 407 g/mol. The molecule has 1 heterocycles. The van der Waals surface area contributed by atoms with Crippen LogP contribution in [0.5, 0.6) is 0 Å². The summed E-state index contributed by atoms with van der Waals surface area (Å²) in [6.45, 7) is 9.00. The molecule has 1 aromatic carbocycles. The van der Waals surface area contributed by atoms with Gasteiger partial charge in [0, 0.05) is 43.9 Å². The minimum atomic E-state index is -0.463. The summed E-state index contributed by atoms with van der Waals surface area (Å²) >= 11 is 1.93. The van der Waals surface area contributed by atoms with Gasteiger partial charge in [0.2, 0.25) is 0 Å². The van der Waals surface area contributed by atoms with Crippen LogP contribution in [0.15, 0.2) is 40.2 Å². The molecule has 28 heavy (non-hydrogen) atoms. The first-order valence-corrected chi connectivity index (χ1v) is 11.0. The lowest BCUT2D eigenvalue weighted by molar-refractivity contribution is 0.0527. The number of rotatable bonds is 7. The zero-order valence-corrected chi connectivity index (χ0v) is 18.3. The molecule has 0 radical (unpaired) electrons. The monoisotopic (exact) mass is 406 g/mol. The van der Waals surface area contributed by atoms with E-state index < -0.39 is 5.60 Å². The van der Waals surface area contributed by atoms with E-state index in [9.17, 15) is 4.79 Å². The van der Waals surface area contributed by atoms with Crippen molar-refractivity contribution in [3.05, 3.63) is 30.3 Å². The number of hydrogen-bond donors (Lipinski definition) is 2. The Balaban J connectivity index is 1.62. The molecule has 156 valence electrons. The van der Waals surface area contributed by atoms with E-state index in [-0.39, 0.29) is 6.09 Å². The maximum Gasteiger partial charge on any atom is 0.407 e. The molecule has 7 heteroatoms. The third kappa shape index (κ3) is 8.42. The second kappa shape index (κ2) is 11.2. The number of nitrogens with zero attached hydrogens (tertiary/aromatic N) is 2. The summed E-state index contributed by atoms with van der Waals surface area (Å²) in [4.78, 5) is 19.7. The van der Waals surface area contributed by atoms with E-state index in [1.165, 1.54) is 11.3 Å². The minimum absolute atomic E-state index is 0.366. The first-order valence-electron chi connectivity index (χ1n) is 9.97. The number of thioether (sulfide) groups is 1. The number of nitrogens with one attached hydrogen (secondary N) is 2. The van der Waals surface area contributed by atoms with Crippen LogP contribution in [0.1, 0.15) is 33.6 Å². The lowest BCUT2D eigenvalue weighted by Crippen LogP contribution is -2.41. The lowest BCUT2D eigenvalue weighted by atomic mass is 10.2. The highest BCUT2D eigenvalue weighted by Gasteiger charge is 2.24. The van der Waals surface area contributed by atoms with Gasteiger partial charge in [-0.05, 0) is 51.7 Å². The molecule has 1 unspecified atom stereocenters. The summed E-state index contributed by atoms with van der Waals surface area (Å²) in [6, 6.07) is 10.6. The molecular weight excluding hydrogens is 372 g/mol. The Labute approximate surface area is 173 Å². The van der Waals surface area contributed by atoms with E-state index in [0.29, 0.717) is 12.5 Å². The highest BCUT2D eigenvalue weighted by atomic mass is 32.2. The van der Waals surface area contributed by atoms with Gasteiger partial charge in [0.05, 0.1) is 0 Å². The largest absolute Gasteiger partial charge is 0.444 e. The number of guanidine groups is 1. The smallest absolute Gasteiger partial charge is 0.407 e. The number of amides is 1. The van der Waals surface area contributed by atoms with Crippen LogP contribution in [-0.4, -0.2) is 61.5 Å². The zero-order valence-electron chi connectivity index (χ0n) is 17.5. The molecule has 1 saturated heterocycles. The van der Waals surface area contributed by atoms with Gasteiger partial charge in [-0.25, -0.2) is 4.79 Å². The third-order valence-electron chi connectivity index (χ3n) is 4.33. The normalized spacial score (nSPS) is 17.5. The fourth-order valence-electron chi connectivity index (χ4n) is 3.02. The molecule has 1 aromatic rings. The molecule has 1 aliphatic heterocycles. The predicted octanol–water partition coefficient (Wildman–Crippen LogP) is 3.59. The van der Waals surface area contributed by atoms with Crippen LogP contribution < -0.4 is 10.6 Å². The van der Waals surface area contributed by atoms with Crippen LogP contribution in [0.2, 0.25) is 0 Å². The highest BCUT2D eigenvalue weighted by Crippen LogP contribution is 2.25. The molecule has 2 rings (SSSR count). The standard InChI is InChI=1S/C21H34N4O2S/c1-21(2,3)27-20(26)24-13-8-12-23-19(22-4)25-14-11-17(15-25)16-28-18-9-6-5-7-10-18/h5-7,9-10,17H,8,11-16H2,1-4H3,(H,22,23)(H,24,26). The summed E-state index contributed by atoms with van der Waals surface area (Å²) in [5.41, 5.74) is -0.463. The van der Waals surface area contributed by atoms with Gasteiger partial charge in [-0.1, -0.05) is 18.2 Å². The van der Waals surface area contributed by atoms with Crippen molar-refractivity contribution in [3.63, 3.8) is 0 Å². The number of aliphatic imine (C=N–C) groups is 1. The minimum Gasteiger partial charge on any atom is -0.444 e. The number of carbonyl (C=O) groups is 1. The van der Waals surface area contributed by atoms with Crippen LogP contribution in [0, 0.1) is 5.92 Å². The molecule has 0 aromatic heterocycles. The molecule has 1 amide bonds. The Kier molecular flexibility index (Phi) is 8.96. The molecule has 6 nitrogen and oxygen atoms in total. The number of ether oxygens (including phenoxy) is 1. The number of benzene rings is 1. The highest BCUT2D eigenvalue weighted by molar-refractivity contribution is 7.99. The quantitative estimate of drug-likeness (QED) is 0.314. The Bertz CT molecular complexity index is 631. The van der Waals surface area contributed by atoms with Crippen LogP contribution >= 0.6 is 11.8 Å². The molecular formula is C21H34N4O2S. The van der Waals surface area contributed by atoms with Crippen molar-refractivity contribution < 1.29 is 9.53 Å². The molecule has 0 aliphatic carbocycles.